The Kier molecular flexibility index (Phi) is 3.44. The third-order valence-corrected chi connectivity index (χ3v) is 4.91. The largest absolute Gasteiger partial charge is 0.465 e. The quantitative estimate of drug-likeness (QED) is 0.729. The fourth-order valence-corrected chi connectivity index (χ4v) is 3.39. The van der Waals surface area contributed by atoms with E-state index in [-0.39, 0.29) is 5.56 Å². The summed E-state index contributed by atoms with van der Waals surface area (Å²) in [4.78, 5) is 11.8. The molecule has 0 saturated heterocycles. The maximum Gasteiger partial charge on any atom is 0.341 e. The molecule has 3 rings (SSSR count). The Morgan fingerprint density at radius 3 is 2.65 bits per heavy atom. The van der Waals surface area contributed by atoms with Crippen molar-refractivity contribution in [1.82, 2.24) is 0 Å². The van der Waals surface area contributed by atoms with E-state index in [1.54, 1.807) is 0 Å². The molecule has 4 heteroatoms. The first-order valence-electron chi connectivity index (χ1n) is 6.81. The highest BCUT2D eigenvalue weighted by Gasteiger charge is 2.43. The molecule has 1 aromatic rings. The predicted octanol–water partition coefficient (Wildman–Crippen LogP) is 4.72. The zero-order valence-electron chi connectivity index (χ0n) is 11.3. The molecule has 0 unspecified atom stereocenters. The van der Waals surface area contributed by atoms with Gasteiger partial charge in [0.15, 0.2) is 0 Å². The van der Waals surface area contributed by atoms with Crippen LogP contribution in [0.4, 0.5) is 4.39 Å². The third kappa shape index (κ3) is 2.41. The summed E-state index contributed by atoms with van der Waals surface area (Å²) < 4.78 is 19.5. The number of halogens is 2. The summed E-state index contributed by atoms with van der Waals surface area (Å²) in [5.41, 5.74) is 2.29. The van der Waals surface area contributed by atoms with Crippen LogP contribution in [0, 0.1) is 11.2 Å². The van der Waals surface area contributed by atoms with E-state index in [4.69, 9.17) is 4.74 Å². The normalized spacial score (nSPS) is 19.6. The van der Waals surface area contributed by atoms with Crippen LogP contribution in [0.15, 0.2) is 22.7 Å². The predicted molar refractivity (Wildman–Crippen MR) is 78.9 cm³/mol. The number of ether oxygens (including phenoxy) is 1. The Hall–Kier alpha value is -1.16. The molecule has 0 bridgehead atoms. The van der Waals surface area contributed by atoms with Crippen molar-refractivity contribution in [1.29, 1.82) is 0 Å². The molecule has 0 N–H and O–H groups in total. The maximum absolute atomic E-state index is 14.1. The Morgan fingerprint density at radius 1 is 1.35 bits per heavy atom. The van der Waals surface area contributed by atoms with Crippen molar-refractivity contribution >= 4 is 27.5 Å². The topological polar surface area (TPSA) is 26.3 Å². The molecule has 1 fully saturated rings. The molecule has 1 spiro atoms. The summed E-state index contributed by atoms with van der Waals surface area (Å²) in [6.07, 6.45) is 7.84. The Morgan fingerprint density at radius 2 is 2.10 bits per heavy atom. The van der Waals surface area contributed by atoms with E-state index in [0.717, 1.165) is 24.8 Å². The lowest BCUT2D eigenvalue weighted by Crippen LogP contribution is -2.11. The minimum absolute atomic E-state index is 0.0497. The van der Waals surface area contributed by atoms with Crippen molar-refractivity contribution in [2.45, 2.75) is 32.1 Å². The van der Waals surface area contributed by atoms with E-state index in [1.807, 2.05) is 6.07 Å². The lowest BCUT2D eigenvalue weighted by atomic mass is 9.83. The van der Waals surface area contributed by atoms with E-state index in [1.165, 1.54) is 26.0 Å². The van der Waals surface area contributed by atoms with Crippen LogP contribution in [0.1, 0.15) is 48.0 Å². The molecule has 0 aliphatic heterocycles. The molecule has 0 heterocycles. The molecule has 0 aromatic heterocycles. The van der Waals surface area contributed by atoms with Crippen molar-refractivity contribution in [3.8, 4) is 0 Å². The van der Waals surface area contributed by atoms with Gasteiger partial charge in [-0.1, -0.05) is 22.0 Å². The lowest BCUT2D eigenvalue weighted by molar-refractivity contribution is 0.0595. The summed E-state index contributed by atoms with van der Waals surface area (Å²) in [6, 6.07) is 3.12. The number of carbonyl (C=O) groups is 1. The summed E-state index contributed by atoms with van der Waals surface area (Å²) >= 11 is 3.30. The van der Waals surface area contributed by atoms with Crippen LogP contribution < -0.4 is 0 Å². The average Bonchev–Trinajstić information content (AvgIpc) is 3.17. The van der Waals surface area contributed by atoms with Crippen molar-refractivity contribution < 1.29 is 13.9 Å². The van der Waals surface area contributed by atoms with Crippen molar-refractivity contribution in [3.05, 3.63) is 39.6 Å². The smallest absolute Gasteiger partial charge is 0.341 e. The van der Waals surface area contributed by atoms with E-state index in [2.05, 4.69) is 22.0 Å². The van der Waals surface area contributed by atoms with Gasteiger partial charge >= 0.3 is 5.97 Å². The second-order valence-corrected chi connectivity index (χ2v) is 6.65. The van der Waals surface area contributed by atoms with Crippen molar-refractivity contribution in [3.63, 3.8) is 0 Å². The summed E-state index contributed by atoms with van der Waals surface area (Å²) in [5.74, 6) is -1.15. The van der Waals surface area contributed by atoms with Crippen LogP contribution >= 0.6 is 15.9 Å². The number of carbonyl (C=O) groups excluding carboxylic acids is 1. The van der Waals surface area contributed by atoms with Gasteiger partial charge in [-0.2, -0.15) is 0 Å². The Balaban J connectivity index is 2.03. The highest BCUT2D eigenvalue weighted by Crippen LogP contribution is 2.56. The molecular weight excluding hydrogens is 323 g/mol. The monoisotopic (exact) mass is 338 g/mol. The molecule has 2 aliphatic carbocycles. The SMILES string of the molecule is COC(=O)c1c(F)cc(Br)cc1C1=CCC2(CC1)CC2. The number of allylic oxidation sites excluding steroid dienone is 2. The molecule has 20 heavy (non-hydrogen) atoms. The summed E-state index contributed by atoms with van der Waals surface area (Å²) in [5, 5.41) is 0. The standard InChI is InChI=1S/C16H16BrFO2/c1-20-15(19)14-12(8-11(17)9-13(14)18)10-2-4-16(5-3-10)6-7-16/h2,8-9H,3-7H2,1H3. The van der Waals surface area contributed by atoms with Crippen molar-refractivity contribution in [2.24, 2.45) is 5.41 Å². The van der Waals surface area contributed by atoms with Gasteiger partial charge in [0.2, 0.25) is 0 Å². The van der Waals surface area contributed by atoms with Crippen LogP contribution in [0.5, 0.6) is 0 Å². The van der Waals surface area contributed by atoms with E-state index in [0.29, 0.717) is 15.5 Å². The van der Waals surface area contributed by atoms with E-state index in [9.17, 15) is 9.18 Å². The zero-order chi connectivity index (χ0) is 14.3. The van der Waals surface area contributed by atoms with Gasteiger partial charge in [-0.3, -0.25) is 0 Å². The Labute approximate surface area is 126 Å². The van der Waals surface area contributed by atoms with Crippen molar-refractivity contribution in [2.75, 3.05) is 7.11 Å². The average molecular weight is 339 g/mol. The second kappa shape index (κ2) is 4.99. The first-order chi connectivity index (χ1) is 9.54. The van der Waals surface area contributed by atoms with Crippen LogP contribution in [-0.4, -0.2) is 13.1 Å². The van der Waals surface area contributed by atoms with Gasteiger partial charge in [-0.15, -0.1) is 0 Å². The Bertz CT molecular complexity index is 603. The van der Waals surface area contributed by atoms with E-state index < -0.39 is 11.8 Å². The van der Waals surface area contributed by atoms with Gasteiger partial charge in [0.05, 0.1) is 7.11 Å². The number of hydrogen-bond acceptors (Lipinski definition) is 2. The fraction of sp³-hybridized carbons (Fsp3) is 0.438. The number of rotatable bonds is 2. The fourth-order valence-electron chi connectivity index (χ4n) is 2.96. The van der Waals surface area contributed by atoms with Gasteiger partial charge in [0, 0.05) is 4.47 Å². The van der Waals surface area contributed by atoms with Crippen LogP contribution in [0.3, 0.4) is 0 Å². The van der Waals surface area contributed by atoms with Gasteiger partial charge in [-0.05, 0) is 60.8 Å². The maximum atomic E-state index is 14.1. The van der Waals surface area contributed by atoms with Gasteiger partial charge in [-0.25, -0.2) is 9.18 Å². The zero-order valence-corrected chi connectivity index (χ0v) is 12.9. The van der Waals surface area contributed by atoms with E-state index >= 15 is 0 Å². The highest BCUT2D eigenvalue weighted by atomic mass is 79.9. The van der Waals surface area contributed by atoms with Gasteiger partial charge < -0.3 is 4.74 Å². The first kappa shape index (κ1) is 13.8. The number of benzene rings is 1. The molecule has 0 atom stereocenters. The molecule has 0 amide bonds. The number of hydrogen-bond donors (Lipinski definition) is 0. The molecule has 2 aliphatic rings. The lowest BCUT2D eigenvalue weighted by Gasteiger charge is -2.22. The number of methoxy groups -OCH3 is 1. The second-order valence-electron chi connectivity index (χ2n) is 5.74. The first-order valence-corrected chi connectivity index (χ1v) is 7.61. The minimum atomic E-state index is -0.613. The molecule has 1 aromatic carbocycles. The number of esters is 1. The molecule has 2 nitrogen and oxygen atoms in total. The summed E-state index contributed by atoms with van der Waals surface area (Å²) in [7, 11) is 1.28. The molecular formula is C16H16BrFO2. The van der Waals surface area contributed by atoms with Crippen LogP contribution in [0.25, 0.3) is 5.57 Å². The van der Waals surface area contributed by atoms with Crippen LogP contribution in [-0.2, 0) is 4.74 Å². The minimum Gasteiger partial charge on any atom is -0.465 e. The molecule has 1 saturated carbocycles. The van der Waals surface area contributed by atoms with Gasteiger partial charge in [0.1, 0.15) is 11.4 Å². The third-order valence-electron chi connectivity index (χ3n) is 4.45. The van der Waals surface area contributed by atoms with Crippen LogP contribution in [0.2, 0.25) is 0 Å². The highest BCUT2D eigenvalue weighted by molar-refractivity contribution is 9.10. The molecule has 0 radical (unpaired) electrons. The summed E-state index contributed by atoms with van der Waals surface area (Å²) in [6.45, 7) is 0. The van der Waals surface area contributed by atoms with Gasteiger partial charge in [0.25, 0.3) is 0 Å². The molecule has 106 valence electrons.